The van der Waals surface area contributed by atoms with Crippen LogP contribution in [0.25, 0.3) is 0 Å². The van der Waals surface area contributed by atoms with Gasteiger partial charge in [-0.15, -0.1) is 0 Å². The van der Waals surface area contributed by atoms with E-state index in [1.54, 1.807) is 6.20 Å². The Hall–Kier alpha value is -1.66. The Labute approximate surface area is 150 Å². The lowest BCUT2D eigenvalue weighted by atomic mass is 9.99. The first-order chi connectivity index (χ1) is 12.3. The summed E-state index contributed by atoms with van der Waals surface area (Å²) in [5.41, 5.74) is 1.52. The number of pyridine rings is 1. The summed E-state index contributed by atoms with van der Waals surface area (Å²) < 4.78 is 5.36. The van der Waals surface area contributed by atoms with Crippen LogP contribution in [0.2, 0.25) is 0 Å². The minimum atomic E-state index is 0.0754. The molecule has 6 nitrogen and oxygen atoms in total. The van der Waals surface area contributed by atoms with Crippen molar-refractivity contribution in [3.8, 4) is 0 Å². The van der Waals surface area contributed by atoms with E-state index in [0.717, 1.165) is 70.9 Å². The molecule has 0 aromatic carbocycles. The van der Waals surface area contributed by atoms with Crippen molar-refractivity contribution in [2.24, 2.45) is 0 Å². The van der Waals surface area contributed by atoms with Crippen LogP contribution in [0, 0.1) is 0 Å². The fourth-order valence-corrected chi connectivity index (χ4v) is 3.65. The van der Waals surface area contributed by atoms with Crippen molar-refractivity contribution >= 4 is 11.6 Å². The number of amides is 1. The second-order valence-electron chi connectivity index (χ2n) is 6.87. The lowest BCUT2D eigenvalue weighted by Gasteiger charge is -2.35. The molecule has 1 unspecified atom stereocenters. The molecule has 1 N–H and O–H groups in total. The zero-order chi connectivity index (χ0) is 17.5. The van der Waals surface area contributed by atoms with E-state index in [0.29, 0.717) is 11.7 Å². The molecule has 3 rings (SSSR count). The van der Waals surface area contributed by atoms with Crippen LogP contribution in [0.5, 0.6) is 0 Å². The number of rotatable bonds is 6. The highest BCUT2D eigenvalue weighted by Crippen LogP contribution is 2.21. The maximum absolute atomic E-state index is 12.7. The van der Waals surface area contributed by atoms with E-state index in [9.17, 15) is 4.79 Å². The third-order valence-electron chi connectivity index (χ3n) is 5.20. The SMILES string of the molecule is CCC1CCCCN1C(=O)c1ccc(NCCN2CCOCC2)cn1. The molecular weight excluding hydrogens is 316 g/mol. The number of anilines is 1. The maximum Gasteiger partial charge on any atom is 0.272 e. The number of hydrogen-bond donors (Lipinski definition) is 1. The lowest BCUT2D eigenvalue weighted by molar-refractivity contribution is 0.0398. The summed E-state index contributed by atoms with van der Waals surface area (Å²) in [6.07, 6.45) is 6.24. The van der Waals surface area contributed by atoms with Gasteiger partial charge in [-0.1, -0.05) is 6.92 Å². The number of nitrogens with zero attached hydrogens (tertiary/aromatic N) is 3. The van der Waals surface area contributed by atoms with E-state index in [4.69, 9.17) is 4.74 Å². The van der Waals surface area contributed by atoms with Crippen LogP contribution < -0.4 is 5.32 Å². The Morgan fingerprint density at radius 2 is 2.12 bits per heavy atom. The maximum atomic E-state index is 12.7. The van der Waals surface area contributed by atoms with Gasteiger partial charge in [0.05, 0.1) is 25.1 Å². The van der Waals surface area contributed by atoms with Crippen molar-refractivity contribution in [3.05, 3.63) is 24.0 Å². The summed E-state index contributed by atoms with van der Waals surface area (Å²) in [4.78, 5) is 21.5. The summed E-state index contributed by atoms with van der Waals surface area (Å²) in [5, 5.41) is 3.39. The fraction of sp³-hybridized carbons (Fsp3) is 0.684. The molecule has 0 radical (unpaired) electrons. The van der Waals surface area contributed by atoms with Gasteiger partial charge in [0.2, 0.25) is 0 Å². The number of carbonyl (C=O) groups is 1. The topological polar surface area (TPSA) is 57.7 Å². The van der Waals surface area contributed by atoms with Crippen molar-refractivity contribution in [1.82, 2.24) is 14.8 Å². The number of ether oxygens (including phenoxy) is 1. The van der Waals surface area contributed by atoms with E-state index in [1.807, 2.05) is 17.0 Å². The summed E-state index contributed by atoms with van der Waals surface area (Å²) in [5.74, 6) is 0.0754. The molecule has 138 valence electrons. The Bertz CT molecular complexity index is 543. The van der Waals surface area contributed by atoms with Crippen LogP contribution in [0.15, 0.2) is 18.3 Å². The molecular formula is C19H30N4O2. The molecule has 1 atom stereocenters. The molecule has 1 aromatic rings. The molecule has 2 aliphatic rings. The number of nitrogens with one attached hydrogen (secondary N) is 1. The first kappa shape index (κ1) is 18.1. The number of piperidine rings is 1. The summed E-state index contributed by atoms with van der Waals surface area (Å²) in [6.45, 7) is 8.55. The van der Waals surface area contributed by atoms with Crippen molar-refractivity contribution in [2.45, 2.75) is 38.6 Å². The first-order valence-corrected chi connectivity index (χ1v) is 9.59. The molecule has 2 saturated heterocycles. The normalized spacial score (nSPS) is 22.0. The predicted molar refractivity (Wildman–Crippen MR) is 99.0 cm³/mol. The van der Waals surface area contributed by atoms with Crippen molar-refractivity contribution in [3.63, 3.8) is 0 Å². The minimum Gasteiger partial charge on any atom is -0.383 e. The van der Waals surface area contributed by atoms with Crippen molar-refractivity contribution in [1.29, 1.82) is 0 Å². The van der Waals surface area contributed by atoms with Crippen LogP contribution >= 0.6 is 0 Å². The standard InChI is InChI=1S/C19H30N4O2/c1-2-17-5-3-4-9-23(17)19(24)18-7-6-16(15-21-18)20-8-10-22-11-13-25-14-12-22/h6-7,15,17,20H,2-5,8-14H2,1H3. The number of morpholine rings is 1. The van der Waals surface area contributed by atoms with Crippen LogP contribution in [0.4, 0.5) is 5.69 Å². The average Bonchev–Trinajstić information content (AvgIpc) is 2.69. The molecule has 3 heterocycles. The van der Waals surface area contributed by atoms with Gasteiger partial charge in [-0.2, -0.15) is 0 Å². The first-order valence-electron chi connectivity index (χ1n) is 9.59. The highest BCUT2D eigenvalue weighted by molar-refractivity contribution is 5.92. The second-order valence-corrected chi connectivity index (χ2v) is 6.87. The molecule has 6 heteroatoms. The van der Waals surface area contributed by atoms with E-state index in [1.165, 1.54) is 6.42 Å². The van der Waals surface area contributed by atoms with E-state index < -0.39 is 0 Å². The highest BCUT2D eigenvalue weighted by Gasteiger charge is 2.26. The van der Waals surface area contributed by atoms with Gasteiger partial charge in [0.1, 0.15) is 5.69 Å². The van der Waals surface area contributed by atoms with E-state index in [2.05, 4.69) is 22.1 Å². The molecule has 1 amide bonds. The van der Waals surface area contributed by atoms with Crippen LogP contribution in [-0.2, 0) is 4.74 Å². The third-order valence-corrected chi connectivity index (χ3v) is 5.20. The molecule has 0 bridgehead atoms. The van der Waals surface area contributed by atoms with Crippen LogP contribution in [0.3, 0.4) is 0 Å². The molecule has 0 spiro atoms. The Kier molecular flexibility index (Phi) is 6.64. The van der Waals surface area contributed by atoms with Crippen LogP contribution in [-0.4, -0.2) is 72.7 Å². The van der Waals surface area contributed by atoms with Gasteiger partial charge in [-0.05, 0) is 37.8 Å². The largest absolute Gasteiger partial charge is 0.383 e. The number of aromatic nitrogens is 1. The zero-order valence-electron chi connectivity index (χ0n) is 15.2. The Balaban J connectivity index is 1.50. The van der Waals surface area contributed by atoms with Gasteiger partial charge in [-0.3, -0.25) is 9.69 Å². The van der Waals surface area contributed by atoms with Gasteiger partial charge in [0.15, 0.2) is 0 Å². The zero-order valence-corrected chi connectivity index (χ0v) is 15.2. The molecule has 25 heavy (non-hydrogen) atoms. The molecule has 2 fully saturated rings. The molecule has 1 aromatic heterocycles. The molecule has 2 aliphatic heterocycles. The third kappa shape index (κ3) is 4.92. The van der Waals surface area contributed by atoms with E-state index in [-0.39, 0.29) is 5.91 Å². The smallest absolute Gasteiger partial charge is 0.272 e. The van der Waals surface area contributed by atoms with E-state index >= 15 is 0 Å². The quantitative estimate of drug-likeness (QED) is 0.856. The summed E-state index contributed by atoms with van der Waals surface area (Å²) >= 11 is 0. The van der Waals surface area contributed by atoms with Gasteiger partial charge < -0.3 is 15.0 Å². The highest BCUT2D eigenvalue weighted by atomic mass is 16.5. The minimum absolute atomic E-state index is 0.0754. The lowest BCUT2D eigenvalue weighted by Crippen LogP contribution is -2.43. The van der Waals surface area contributed by atoms with Crippen LogP contribution in [0.1, 0.15) is 43.1 Å². The van der Waals surface area contributed by atoms with Gasteiger partial charge in [-0.25, -0.2) is 4.98 Å². The average molecular weight is 346 g/mol. The van der Waals surface area contributed by atoms with Crippen molar-refractivity contribution < 1.29 is 9.53 Å². The second kappa shape index (κ2) is 9.15. The Morgan fingerprint density at radius 3 is 2.84 bits per heavy atom. The summed E-state index contributed by atoms with van der Waals surface area (Å²) in [7, 11) is 0. The Morgan fingerprint density at radius 1 is 1.28 bits per heavy atom. The number of likely N-dealkylation sites (tertiary alicyclic amines) is 1. The predicted octanol–water partition coefficient (Wildman–Crippen LogP) is 2.23. The number of hydrogen-bond acceptors (Lipinski definition) is 5. The van der Waals surface area contributed by atoms with Gasteiger partial charge >= 0.3 is 0 Å². The molecule has 0 aliphatic carbocycles. The monoisotopic (exact) mass is 346 g/mol. The van der Waals surface area contributed by atoms with Gasteiger partial charge in [0.25, 0.3) is 5.91 Å². The van der Waals surface area contributed by atoms with Gasteiger partial charge in [0, 0.05) is 38.8 Å². The molecule has 0 saturated carbocycles. The fourth-order valence-electron chi connectivity index (χ4n) is 3.65. The van der Waals surface area contributed by atoms with Crippen molar-refractivity contribution in [2.75, 3.05) is 51.3 Å². The number of carbonyl (C=O) groups excluding carboxylic acids is 1. The summed E-state index contributed by atoms with van der Waals surface area (Å²) in [6, 6.07) is 4.18.